The van der Waals surface area contributed by atoms with E-state index in [9.17, 15) is 4.79 Å². The topological polar surface area (TPSA) is 63.9 Å². The highest BCUT2D eigenvalue weighted by molar-refractivity contribution is 5.76. The molecule has 0 unspecified atom stereocenters. The maximum Gasteiger partial charge on any atom is 0.223 e. The lowest BCUT2D eigenvalue weighted by Crippen LogP contribution is -2.42. The van der Waals surface area contributed by atoms with Gasteiger partial charge in [-0.25, -0.2) is 0 Å². The van der Waals surface area contributed by atoms with Gasteiger partial charge in [0.05, 0.1) is 6.54 Å². The normalized spacial score (nSPS) is 11.2. The Morgan fingerprint density at radius 1 is 1.13 bits per heavy atom. The van der Waals surface area contributed by atoms with Gasteiger partial charge in [-0.15, -0.1) is 10.2 Å². The number of carbonyl (C=O) groups excluding carboxylic acids is 1. The minimum absolute atomic E-state index is 0.179. The molecule has 0 bridgehead atoms. The first kappa shape index (κ1) is 17.1. The van der Waals surface area contributed by atoms with Crippen molar-refractivity contribution in [2.24, 2.45) is 0 Å². The molecule has 1 heterocycles. The number of carbonyl (C=O) groups is 1. The summed E-state index contributed by atoms with van der Waals surface area (Å²) >= 11 is 0. The molecule has 0 fully saturated rings. The maximum atomic E-state index is 12.3. The summed E-state index contributed by atoms with van der Waals surface area (Å²) in [6.45, 7) is 8.77. The summed E-state index contributed by atoms with van der Waals surface area (Å²) in [5.41, 5.74) is 0.945. The molecule has 2 aromatic rings. The van der Waals surface area contributed by atoms with Crippen LogP contribution in [0, 0.1) is 0 Å². The molecule has 124 valence electrons. The molecule has 1 aromatic carbocycles. The Morgan fingerprint density at radius 2 is 1.78 bits per heavy atom. The number of aromatic nitrogens is 4. The minimum Gasteiger partial charge on any atom is -0.338 e. The first-order valence-corrected chi connectivity index (χ1v) is 8.13. The molecule has 0 aliphatic heterocycles. The maximum absolute atomic E-state index is 12.3. The molecule has 0 radical (unpaired) electrons. The molecule has 6 heteroatoms. The average molecular weight is 315 g/mol. The first-order valence-electron chi connectivity index (χ1n) is 8.13. The summed E-state index contributed by atoms with van der Waals surface area (Å²) in [7, 11) is 0. The summed E-state index contributed by atoms with van der Waals surface area (Å²) in [4.78, 5) is 15.8. The Kier molecular flexibility index (Phi) is 5.84. The smallest absolute Gasteiger partial charge is 0.223 e. The van der Waals surface area contributed by atoms with Gasteiger partial charge in [0.1, 0.15) is 0 Å². The first-order chi connectivity index (χ1) is 11.0. The quantitative estimate of drug-likeness (QED) is 0.788. The second-order valence-electron chi connectivity index (χ2n) is 6.17. The van der Waals surface area contributed by atoms with E-state index in [1.165, 1.54) is 0 Å². The van der Waals surface area contributed by atoms with E-state index in [2.05, 4.69) is 15.4 Å². The Labute approximate surface area is 137 Å². The fourth-order valence-electron chi connectivity index (χ4n) is 2.71. The fraction of sp³-hybridized carbons (Fsp3) is 0.529. The molecular formula is C17H25N5O. The lowest BCUT2D eigenvalue weighted by atomic mass is 10.2. The molecule has 0 saturated carbocycles. The lowest BCUT2D eigenvalue weighted by molar-refractivity contribution is -0.134. The number of amides is 1. The molecule has 0 spiro atoms. The van der Waals surface area contributed by atoms with Crippen LogP contribution in [-0.4, -0.2) is 43.1 Å². The SMILES string of the molecule is CC(C)N(C(=O)CCCn1nnc(-c2ccccc2)n1)C(C)C. The van der Waals surface area contributed by atoms with Crippen molar-refractivity contribution in [3.63, 3.8) is 0 Å². The van der Waals surface area contributed by atoms with Crippen LogP contribution in [-0.2, 0) is 11.3 Å². The zero-order chi connectivity index (χ0) is 16.8. The van der Waals surface area contributed by atoms with Gasteiger partial charge in [0, 0.05) is 24.1 Å². The third kappa shape index (κ3) is 4.61. The zero-order valence-electron chi connectivity index (χ0n) is 14.3. The molecule has 0 aliphatic carbocycles. The molecule has 23 heavy (non-hydrogen) atoms. The van der Waals surface area contributed by atoms with Crippen molar-refractivity contribution in [2.45, 2.75) is 59.2 Å². The molecule has 0 aliphatic rings. The Morgan fingerprint density at radius 3 is 2.39 bits per heavy atom. The average Bonchev–Trinajstić information content (AvgIpc) is 2.96. The third-order valence-electron chi connectivity index (χ3n) is 3.63. The van der Waals surface area contributed by atoms with Crippen LogP contribution in [0.25, 0.3) is 11.4 Å². The number of tetrazole rings is 1. The number of aryl methyl sites for hydroxylation is 1. The summed E-state index contributed by atoms with van der Waals surface area (Å²) in [6, 6.07) is 10.2. The van der Waals surface area contributed by atoms with Gasteiger partial charge in [0.15, 0.2) is 0 Å². The molecule has 0 atom stereocenters. The Balaban J connectivity index is 1.87. The van der Waals surface area contributed by atoms with Gasteiger partial charge in [-0.3, -0.25) is 4.79 Å². The van der Waals surface area contributed by atoms with Gasteiger partial charge in [0.2, 0.25) is 11.7 Å². The van der Waals surface area contributed by atoms with Crippen LogP contribution in [0.15, 0.2) is 30.3 Å². The van der Waals surface area contributed by atoms with E-state index in [1.807, 2.05) is 62.9 Å². The van der Waals surface area contributed by atoms with Gasteiger partial charge in [-0.05, 0) is 39.3 Å². The monoisotopic (exact) mass is 315 g/mol. The van der Waals surface area contributed by atoms with E-state index in [-0.39, 0.29) is 18.0 Å². The molecule has 0 saturated heterocycles. The van der Waals surface area contributed by atoms with E-state index in [4.69, 9.17) is 0 Å². The van der Waals surface area contributed by atoms with Gasteiger partial charge < -0.3 is 4.90 Å². The summed E-state index contributed by atoms with van der Waals surface area (Å²) in [6.07, 6.45) is 1.21. The van der Waals surface area contributed by atoms with Crippen molar-refractivity contribution in [3.05, 3.63) is 30.3 Å². The van der Waals surface area contributed by atoms with Crippen LogP contribution in [0.5, 0.6) is 0 Å². The second kappa shape index (κ2) is 7.85. The highest BCUT2D eigenvalue weighted by Crippen LogP contribution is 2.12. The van der Waals surface area contributed by atoms with Crippen molar-refractivity contribution < 1.29 is 4.79 Å². The third-order valence-corrected chi connectivity index (χ3v) is 3.63. The van der Waals surface area contributed by atoms with E-state index in [1.54, 1.807) is 4.80 Å². The van der Waals surface area contributed by atoms with Crippen molar-refractivity contribution >= 4 is 5.91 Å². The van der Waals surface area contributed by atoms with Crippen molar-refractivity contribution in [1.82, 2.24) is 25.1 Å². The number of rotatable bonds is 7. The highest BCUT2D eigenvalue weighted by atomic mass is 16.2. The van der Waals surface area contributed by atoms with Gasteiger partial charge >= 0.3 is 0 Å². The van der Waals surface area contributed by atoms with Crippen molar-refractivity contribution in [2.75, 3.05) is 0 Å². The van der Waals surface area contributed by atoms with Crippen LogP contribution in [0.1, 0.15) is 40.5 Å². The van der Waals surface area contributed by atoms with Crippen LogP contribution in [0.2, 0.25) is 0 Å². The second-order valence-corrected chi connectivity index (χ2v) is 6.17. The minimum atomic E-state index is 0.179. The number of hydrogen-bond donors (Lipinski definition) is 0. The van der Waals surface area contributed by atoms with Crippen LogP contribution < -0.4 is 0 Å². The van der Waals surface area contributed by atoms with E-state index >= 15 is 0 Å². The molecule has 6 nitrogen and oxygen atoms in total. The van der Waals surface area contributed by atoms with Gasteiger partial charge in [-0.1, -0.05) is 30.3 Å². The Bertz CT molecular complexity index is 613. The fourth-order valence-corrected chi connectivity index (χ4v) is 2.71. The lowest BCUT2D eigenvalue weighted by Gasteiger charge is -2.30. The summed E-state index contributed by atoms with van der Waals surface area (Å²) in [5.74, 6) is 0.793. The molecule has 0 N–H and O–H groups in total. The number of hydrogen-bond acceptors (Lipinski definition) is 4. The predicted molar refractivity (Wildman–Crippen MR) is 89.6 cm³/mol. The van der Waals surface area contributed by atoms with E-state index in [0.29, 0.717) is 25.2 Å². The van der Waals surface area contributed by atoms with E-state index < -0.39 is 0 Å². The number of benzene rings is 1. The highest BCUT2D eigenvalue weighted by Gasteiger charge is 2.19. The summed E-state index contributed by atoms with van der Waals surface area (Å²) < 4.78 is 0. The molecule has 1 aromatic heterocycles. The van der Waals surface area contributed by atoms with Crippen LogP contribution in [0.3, 0.4) is 0 Å². The van der Waals surface area contributed by atoms with Crippen molar-refractivity contribution in [1.29, 1.82) is 0 Å². The number of nitrogens with zero attached hydrogens (tertiary/aromatic N) is 5. The molecule has 2 rings (SSSR count). The van der Waals surface area contributed by atoms with Crippen LogP contribution in [0.4, 0.5) is 0 Å². The van der Waals surface area contributed by atoms with E-state index in [0.717, 1.165) is 5.56 Å². The zero-order valence-corrected chi connectivity index (χ0v) is 14.3. The molecular weight excluding hydrogens is 290 g/mol. The largest absolute Gasteiger partial charge is 0.338 e. The van der Waals surface area contributed by atoms with Gasteiger partial charge in [-0.2, -0.15) is 4.80 Å². The van der Waals surface area contributed by atoms with Crippen molar-refractivity contribution in [3.8, 4) is 11.4 Å². The Hall–Kier alpha value is -2.24. The van der Waals surface area contributed by atoms with Gasteiger partial charge in [0.25, 0.3) is 0 Å². The summed E-state index contributed by atoms with van der Waals surface area (Å²) in [5, 5.41) is 12.5. The predicted octanol–water partition coefficient (Wildman–Crippen LogP) is 2.77. The standard InChI is InChI=1S/C17H25N5O/c1-13(2)22(14(3)4)16(23)11-8-12-21-19-17(18-20-21)15-9-6-5-7-10-15/h5-7,9-10,13-14H,8,11-12H2,1-4H3. The molecule has 1 amide bonds. The van der Waals surface area contributed by atoms with Crippen LogP contribution >= 0.6 is 0 Å².